The third-order valence-electron chi connectivity index (χ3n) is 3.66. The van der Waals surface area contributed by atoms with Crippen LogP contribution in [-0.2, 0) is 0 Å². The van der Waals surface area contributed by atoms with Crippen molar-refractivity contribution in [2.75, 3.05) is 0 Å². The van der Waals surface area contributed by atoms with Crippen molar-refractivity contribution in [3.05, 3.63) is 89.6 Å². The quantitative estimate of drug-likeness (QED) is 0.405. The predicted molar refractivity (Wildman–Crippen MR) is 89.3 cm³/mol. The Morgan fingerprint density at radius 2 is 1.45 bits per heavy atom. The number of benzene rings is 2. The Kier molecular flexibility index (Phi) is 3.09. The maximum absolute atomic E-state index is 4.48. The van der Waals surface area contributed by atoms with Crippen LogP contribution in [0.2, 0.25) is 0 Å². The first kappa shape index (κ1) is 12.7. The van der Waals surface area contributed by atoms with E-state index in [1.807, 2.05) is 60.8 Å². The smallest absolute Gasteiger partial charge is 0.103 e. The van der Waals surface area contributed by atoms with E-state index in [1.54, 1.807) is 6.21 Å². The van der Waals surface area contributed by atoms with Crippen LogP contribution in [0.3, 0.4) is 0 Å². The molecule has 0 spiro atoms. The van der Waals surface area contributed by atoms with Gasteiger partial charge in [0.15, 0.2) is 0 Å². The average Bonchev–Trinajstić information content (AvgIpc) is 2.91. The second kappa shape index (κ2) is 5.37. The van der Waals surface area contributed by atoms with Crippen molar-refractivity contribution >= 4 is 11.9 Å². The molecule has 0 atom stereocenters. The number of rotatable bonds is 2. The lowest BCUT2D eigenvalue weighted by molar-refractivity contribution is 1.25. The minimum absolute atomic E-state index is 0.880. The van der Waals surface area contributed by atoms with Gasteiger partial charge >= 0.3 is 0 Å². The zero-order valence-electron chi connectivity index (χ0n) is 11.8. The van der Waals surface area contributed by atoms with Gasteiger partial charge in [0.2, 0.25) is 0 Å². The molecule has 0 aliphatic heterocycles. The van der Waals surface area contributed by atoms with Gasteiger partial charge in [0, 0.05) is 22.9 Å². The van der Waals surface area contributed by atoms with Crippen LogP contribution in [0.15, 0.2) is 83.1 Å². The minimum atomic E-state index is 0.880. The summed E-state index contributed by atoms with van der Waals surface area (Å²) in [6.07, 6.45) is 3.58. The van der Waals surface area contributed by atoms with E-state index < -0.39 is 0 Å². The molecule has 2 aromatic carbocycles. The van der Waals surface area contributed by atoms with Crippen LogP contribution >= 0.6 is 0 Å². The second-order valence-electron chi connectivity index (χ2n) is 5.05. The van der Waals surface area contributed by atoms with Gasteiger partial charge < -0.3 is 0 Å². The lowest BCUT2D eigenvalue weighted by atomic mass is 10.1. The minimum Gasteiger partial charge on any atom is -0.256 e. The number of hydrogen-bond donors (Lipinski definition) is 0. The first-order valence-corrected chi connectivity index (χ1v) is 7.15. The summed E-state index contributed by atoms with van der Waals surface area (Å²) < 4.78 is 0. The molecule has 0 N–H and O–H groups in total. The van der Waals surface area contributed by atoms with Gasteiger partial charge in [-0.15, -0.1) is 5.10 Å². The SMILES string of the molecule is C(=N\N=C1\c2ccccc2-c2ncccc21)/c1ccccc1. The Hall–Kier alpha value is -3.07. The molecule has 22 heavy (non-hydrogen) atoms. The van der Waals surface area contributed by atoms with E-state index in [9.17, 15) is 0 Å². The first-order valence-electron chi connectivity index (χ1n) is 7.15. The average molecular weight is 283 g/mol. The summed E-state index contributed by atoms with van der Waals surface area (Å²) in [6, 6.07) is 22.1. The summed E-state index contributed by atoms with van der Waals surface area (Å²) in [7, 11) is 0. The lowest BCUT2D eigenvalue weighted by Crippen LogP contribution is -1.97. The molecule has 4 rings (SSSR count). The molecule has 1 heterocycles. The highest BCUT2D eigenvalue weighted by molar-refractivity contribution is 6.23. The molecule has 104 valence electrons. The molecular formula is C19H13N3. The van der Waals surface area contributed by atoms with E-state index in [0.717, 1.165) is 33.7 Å². The van der Waals surface area contributed by atoms with Crippen LogP contribution in [0, 0.1) is 0 Å². The highest BCUT2D eigenvalue weighted by Gasteiger charge is 2.25. The molecule has 0 saturated carbocycles. The monoisotopic (exact) mass is 283 g/mol. The molecule has 1 aliphatic carbocycles. The summed E-state index contributed by atoms with van der Waals surface area (Å²) >= 11 is 0. The van der Waals surface area contributed by atoms with Crippen molar-refractivity contribution < 1.29 is 0 Å². The predicted octanol–water partition coefficient (Wildman–Crippen LogP) is 3.93. The maximum atomic E-state index is 4.48. The van der Waals surface area contributed by atoms with Gasteiger partial charge in [-0.3, -0.25) is 4.98 Å². The van der Waals surface area contributed by atoms with Gasteiger partial charge in [0.05, 0.1) is 11.9 Å². The second-order valence-corrected chi connectivity index (χ2v) is 5.05. The molecule has 3 aromatic rings. The first-order chi connectivity index (χ1) is 10.9. The van der Waals surface area contributed by atoms with Crippen molar-refractivity contribution in [2.24, 2.45) is 10.2 Å². The zero-order valence-corrected chi connectivity index (χ0v) is 11.8. The van der Waals surface area contributed by atoms with Crippen molar-refractivity contribution in [3.63, 3.8) is 0 Å². The van der Waals surface area contributed by atoms with E-state index in [1.165, 1.54) is 0 Å². The van der Waals surface area contributed by atoms with E-state index in [0.29, 0.717) is 0 Å². The Morgan fingerprint density at radius 3 is 2.32 bits per heavy atom. The van der Waals surface area contributed by atoms with Crippen LogP contribution in [0.1, 0.15) is 16.7 Å². The van der Waals surface area contributed by atoms with Crippen LogP contribution in [-0.4, -0.2) is 16.9 Å². The molecule has 0 radical (unpaired) electrons. The molecule has 3 nitrogen and oxygen atoms in total. The summed E-state index contributed by atoms with van der Waals surface area (Å²) in [5, 5.41) is 8.70. The van der Waals surface area contributed by atoms with Crippen molar-refractivity contribution in [1.29, 1.82) is 0 Å². The summed E-state index contributed by atoms with van der Waals surface area (Å²) in [5.41, 5.74) is 6.13. The number of aromatic nitrogens is 1. The third-order valence-corrected chi connectivity index (χ3v) is 3.66. The molecule has 3 heteroatoms. The Morgan fingerprint density at radius 1 is 0.727 bits per heavy atom. The zero-order chi connectivity index (χ0) is 14.8. The molecule has 1 aromatic heterocycles. The fourth-order valence-electron chi connectivity index (χ4n) is 2.65. The fraction of sp³-hybridized carbons (Fsp3) is 0. The lowest BCUT2D eigenvalue weighted by Gasteiger charge is -1.97. The van der Waals surface area contributed by atoms with Crippen molar-refractivity contribution in [3.8, 4) is 11.3 Å². The van der Waals surface area contributed by atoms with Crippen molar-refractivity contribution in [2.45, 2.75) is 0 Å². The maximum Gasteiger partial charge on any atom is 0.103 e. The van der Waals surface area contributed by atoms with E-state index in [2.05, 4.69) is 27.3 Å². The molecule has 0 saturated heterocycles. The van der Waals surface area contributed by atoms with E-state index >= 15 is 0 Å². The summed E-state index contributed by atoms with van der Waals surface area (Å²) in [5.74, 6) is 0. The number of nitrogens with zero attached hydrogens (tertiary/aromatic N) is 3. The van der Waals surface area contributed by atoms with Crippen LogP contribution in [0.4, 0.5) is 0 Å². The van der Waals surface area contributed by atoms with Crippen LogP contribution in [0.25, 0.3) is 11.3 Å². The Labute approximate surface area is 128 Å². The van der Waals surface area contributed by atoms with Gasteiger partial charge in [-0.05, 0) is 17.7 Å². The van der Waals surface area contributed by atoms with Gasteiger partial charge in [-0.2, -0.15) is 5.10 Å². The van der Waals surface area contributed by atoms with E-state index in [-0.39, 0.29) is 0 Å². The molecular weight excluding hydrogens is 270 g/mol. The summed E-state index contributed by atoms with van der Waals surface area (Å²) in [6.45, 7) is 0. The van der Waals surface area contributed by atoms with Gasteiger partial charge in [0.25, 0.3) is 0 Å². The number of hydrogen-bond acceptors (Lipinski definition) is 3. The molecule has 0 bridgehead atoms. The van der Waals surface area contributed by atoms with Crippen LogP contribution < -0.4 is 0 Å². The molecule has 0 fully saturated rings. The Bertz CT molecular complexity index is 832. The Balaban J connectivity index is 1.78. The fourth-order valence-corrected chi connectivity index (χ4v) is 2.65. The van der Waals surface area contributed by atoms with Gasteiger partial charge in [-0.1, -0.05) is 54.6 Å². The van der Waals surface area contributed by atoms with Crippen LogP contribution in [0.5, 0.6) is 0 Å². The van der Waals surface area contributed by atoms with Crippen molar-refractivity contribution in [1.82, 2.24) is 4.98 Å². The number of pyridine rings is 1. The third kappa shape index (κ3) is 2.13. The van der Waals surface area contributed by atoms with Gasteiger partial charge in [0.1, 0.15) is 5.71 Å². The number of fused-ring (bicyclic) bond motifs is 3. The van der Waals surface area contributed by atoms with E-state index in [4.69, 9.17) is 0 Å². The topological polar surface area (TPSA) is 37.6 Å². The highest BCUT2D eigenvalue weighted by Crippen LogP contribution is 2.34. The summed E-state index contributed by atoms with van der Waals surface area (Å²) in [4.78, 5) is 4.48. The molecule has 0 amide bonds. The van der Waals surface area contributed by atoms with Gasteiger partial charge in [-0.25, -0.2) is 0 Å². The molecule has 1 aliphatic rings. The highest BCUT2D eigenvalue weighted by atomic mass is 15.2. The largest absolute Gasteiger partial charge is 0.256 e. The standard InChI is InChI=1S/C19H13N3/c1-2-7-14(8-3-1)13-21-22-19-16-10-5-4-9-15(16)18-17(19)11-6-12-20-18/h1-13H/b21-13+,22-19-. The molecule has 0 unspecified atom stereocenters. The normalized spacial score (nSPS) is 14.3.